The standard InChI is InChI=1S/C15H22N2O2/c1-9-6-13(16)15-12(7-11(8-18)19-15)14(9)10-2-4-17-5-3-10/h6,10-11,17-18H,2-5,7-8,16H2,1H3. The molecule has 0 amide bonds. The molecule has 1 aromatic rings. The van der Waals surface area contributed by atoms with E-state index in [1.165, 1.54) is 29.5 Å². The van der Waals surface area contributed by atoms with Crippen LogP contribution in [0.25, 0.3) is 0 Å². The van der Waals surface area contributed by atoms with Crippen molar-refractivity contribution in [2.24, 2.45) is 0 Å². The second kappa shape index (κ2) is 5.02. The average molecular weight is 262 g/mol. The van der Waals surface area contributed by atoms with Gasteiger partial charge in [0.15, 0.2) is 0 Å². The molecule has 1 aromatic carbocycles. The van der Waals surface area contributed by atoms with Crippen molar-refractivity contribution < 1.29 is 9.84 Å². The molecule has 2 aliphatic heterocycles. The zero-order valence-electron chi connectivity index (χ0n) is 11.4. The van der Waals surface area contributed by atoms with Crippen LogP contribution in [0.2, 0.25) is 0 Å². The Hall–Kier alpha value is -1.26. The fourth-order valence-corrected chi connectivity index (χ4v) is 3.47. The van der Waals surface area contributed by atoms with Crippen molar-refractivity contribution in [3.05, 3.63) is 22.8 Å². The SMILES string of the molecule is Cc1cc(N)c2c(c1C1CCNCC1)CC(CO)O2. The summed E-state index contributed by atoms with van der Waals surface area (Å²) in [5.74, 6) is 1.41. The average Bonchev–Trinajstić information content (AvgIpc) is 2.84. The second-order valence-corrected chi connectivity index (χ2v) is 5.65. The highest BCUT2D eigenvalue weighted by molar-refractivity contribution is 5.64. The van der Waals surface area contributed by atoms with Crippen molar-refractivity contribution in [1.82, 2.24) is 5.32 Å². The molecule has 19 heavy (non-hydrogen) atoms. The summed E-state index contributed by atoms with van der Waals surface area (Å²) in [5, 5.41) is 12.7. The first-order valence-corrected chi connectivity index (χ1v) is 7.10. The summed E-state index contributed by atoms with van der Waals surface area (Å²) in [6.07, 6.45) is 3.00. The van der Waals surface area contributed by atoms with Crippen LogP contribution in [0.4, 0.5) is 5.69 Å². The van der Waals surface area contributed by atoms with E-state index in [1.807, 2.05) is 6.07 Å². The van der Waals surface area contributed by atoms with E-state index in [1.54, 1.807) is 0 Å². The quantitative estimate of drug-likeness (QED) is 0.704. The molecule has 0 aromatic heterocycles. The zero-order valence-corrected chi connectivity index (χ0v) is 11.4. The van der Waals surface area contributed by atoms with E-state index in [2.05, 4.69) is 12.2 Å². The van der Waals surface area contributed by atoms with E-state index in [4.69, 9.17) is 10.5 Å². The van der Waals surface area contributed by atoms with Crippen LogP contribution in [-0.4, -0.2) is 30.9 Å². The summed E-state index contributed by atoms with van der Waals surface area (Å²) < 4.78 is 5.78. The van der Waals surface area contributed by atoms with Gasteiger partial charge in [-0.1, -0.05) is 0 Å². The van der Waals surface area contributed by atoms with Crippen LogP contribution < -0.4 is 15.8 Å². The molecule has 3 rings (SSSR count). The van der Waals surface area contributed by atoms with Gasteiger partial charge in [-0.3, -0.25) is 0 Å². The molecular formula is C15H22N2O2. The van der Waals surface area contributed by atoms with E-state index in [0.717, 1.165) is 25.3 Å². The first-order chi connectivity index (χ1) is 9.20. The minimum Gasteiger partial charge on any atom is -0.485 e. The number of hydrogen-bond acceptors (Lipinski definition) is 4. The first-order valence-electron chi connectivity index (χ1n) is 7.10. The molecule has 1 atom stereocenters. The minimum absolute atomic E-state index is 0.0544. The smallest absolute Gasteiger partial charge is 0.146 e. The predicted octanol–water partition coefficient (Wildman–Crippen LogP) is 1.34. The van der Waals surface area contributed by atoms with Crippen LogP contribution in [0.3, 0.4) is 0 Å². The number of ether oxygens (including phenoxy) is 1. The fraction of sp³-hybridized carbons (Fsp3) is 0.600. The first kappa shape index (κ1) is 12.8. The summed E-state index contributed by atoms with van der Waals surface area (Å²) in [7, 11) is 0. The van der Waals surface area contributed by atoms with Crippen molar-refractivity contribution >= 4 is 5.69 Å². The molecule has 2 heterocycles. The van der Waals surface area contributed by atoms with Gasteiger partial charge in [-0.15, -0.1) is 0 Å². The van der Waals surface area contributed by atoms with E-state index < -0.39 is 0 Å². The lowest BCUT2D eigenvalue weighted by atomic mass is 9.83. The molecule has 1 fully saturated rings. The lowest BCUT2D eigenvalue weighted by molar-refractivity contribution is 0.135. The number of hydrogen-bond donors (Lipinski definition) is 3. The number of benzene rings is 1. The number of anilines is 1. The van der Waals surface area contributed by atoms with Gasteiger partial charge >= 0.3 is 0 Å². The van der Waals surface area contributed by atoms with Crippen LogP contribution >= 0.6 is 0 Å². The molecule has 0 aliphatic carbocycles. The summed E-state index contributed by atoms with van der Waals surface area (Å²) >= 11 is 0. The number of aryl methyl sites for hydroxylation is 1. The number of nitrogen functional groups attached to an aromatic ring is 1. The van der Waals surface area contributed by atoms with Gasteiger partial charge in [-0.05, 0) is 56.0 Å². The monoisotopic (exact) mass is 262 g/mol. The topological polar surface area (TPSA) is 67.5 Å². The normalized spacial score (nSPS) is 23.2. The number of fused-ring (bicyclic) bond motifs is 1. The van der Waals surface area contributed by atoms with Gasteiger partial charge in [-0.2, -0.15) is 0 Å². The molecule has 4 nitrogen and oxygen atoms in total. The number of aliphatic hydroxyl groups excluding tert-OH is 1. The molecular weight excluding hydrogens is 240 g/mol. The van der Waals surface area contributed by atoms with Crippen molar-refractivity contribution in [3.63, 3.8) is 0 Å². The number of piperidine rings is 1. The molecule has 0 radical (unpaired) electrons. The highest BCUT2D eigenvalue weighted by Crippen LogP contribution is 2.43. The van der Waals surface area contributed by atoms with Crippen molar-refractivity contribution in [2.75, 3.05) is 25.4 Å². The zero-order chi connectivity index (χ0) is 13.4. The molecule has 0 spiro atoms. The summed E-state index contributed by atoms with van der Waals surface area (Å²) in [6.45, 7) is 4.35. The van der Waals surface area contributed by atoms with Crippen molar-refractivity contribution in [2.45, 2.75) is 38.2 Å². The Morgan fingerprint density at radius 2 is 2.16 bits per heavy atom. The van der Waals surface area contributed by atoms with E-state index in [9.17, 15) is 5.11 Å². The van der Waals surface area contributed by atoms with Gasteiger partial charge < -0.3 is 20.9 Å². The van der Waals surface area contributed by atoms with Crippen molar-refractivity contribution in [1.29, 1.82) is 0 Å². The molecule has 0 saturated carbocycles. The Balaban J connectivity index is 2.02. The van der Waals surface area contributed by atoms with Gasteiger partial charge in [0, 0.05) is 12.0 Å². The third-order valence-corrected chi connectivity index (χ3v) is 4.33. The molecule has 2 aliphatic rings. The summed E-state index contributed by atoms with van der Waals surface area (Å²) in [6, 6.07) is 2.02. The van der Waals surface area contributed by atoms with E-state index in [-0.39, 0.29) is 12.7 Å². The van der Waals surface area contributed by atoms with Crippen LogP contribution in [0.5, 0.6) is 5.75 Å². The largest absolute Gasteiger partial charge is 0.485 e. The van der Waals surface area contributed by atoms with Crippen LogP contribution in [0, 0.1) is 6.92 Å². The van der Waals surface area contributed by atoms with Gasteiger partial charge in [0.25, 0.3) is 0 Å². The van der Waals surface area contributed by atoms with Gasteiger partial charge in [0.2, 0.25) is 0 Å². The van der Waals surface area contributed by atoms with Crippen LogP contribution in [0.15, 0.2) is 6.07 Å². The Morgan fingerprint density at radius 3 is 2.84 bits per heavy atom. The number of rotatable bonds is 2. The molecule has 4 heteroatoms. The maximum atomic E-state index is 9.32. The summed E-state index contributed by atoms with van der Waals surface area (Å²) in [5.41, 5.74) is 10.7. The van der Waals surface area contributed by atoms with Crippen LogP contribution in [0.1, 0.15) is 35.4 Å². The van der Waals surface area contributed by atoms with E-state index >= 15 is 0 Å². The predicted molar refractivity (Wildman–Crippen MR) is 75.6 cm³/mol. The third-order valence-electron chi connectivity index (χ3n) is 4.33. The van der Waals surface area contributed by atoms with Gasteiger partial charge in [0.1, 0.15) is 11.9 Å². The lowest BCUT2D eigenvalue weighted by Gasteiger charge is -2.26. The number of nitrogens with one attached hydrogen (secondary N) is 1. The Bertz CT molecular complexity index is 482. The number of aliphatic hydroxyl groups is 1. The fourth-order valence-electron chi connectivity index (χ4n) is 3.47. The van der Waals surface area contributed by atoms with Crippen LogP contribution in [-0.2, 0) is 6.42 Å². The van der Waals surface area contributed by atoms with Gasteiger partial charge in [-0.25, -0.2) is 0 Å². The summed E-state index contributed by atoms with van der Waals surface area (Å²) in [4.78, 5) is 0. The molecule has 104 valence electrons. The second-order valence-electron chi connectivity index (χ2n) is 5.65. The van der Waals surface area contributed by atoms with E-state index in [0.29, 0.717) is 11.6 Å². The van der Waals surface area contributed by atoms with Gasteiger partial charge in [0.05, 0.1) is 12.3 Å². The Kier molecular flexibility index (Phi) is 3.37. The molecule has 1 unspecified atom stereocenters. The van der Waals surface area contributed by atoms with Crippen molar-refractivity contribution in [3.8, 4) is 5.75 Å². The lowest BCUT2D eigenvalue weighted by Crippen LogP contribution is -2.27. The number of nitrogens with two attached hydrogens (primary N) is 1. The maximum Gasteiger partial charge on any atom is 0.146 e. The highest BCUT2D eigenvalue weighted by atomic mass is 16.5. The molecule has 0 bridgehead atoms. The molecule has 4 N–H and O–H groups in total. The maximum absolute atomic E-state index is 9.32. The third kappa shape index (κ3) is 2.19. The molecule has 1 saturated heterocycles. The Morgan fingerprint density at radius 1 is 1.42 bits per heavy atom. The minimum atomic E-state index is -0.125. The highest BCUT2D eigenvalue weighted by Gasteiger charge is 2.31. The Labute approximate surface area is 114 Å².